The predicted molar refractivity (Wildman–Crippen MR) is 140 cm³/mol. The van der Waals surface area contributed by atoms with E-state index in [-0.39, 0.29) is 36.1 Å². The van der Waals surface area contributed by atoms with E-state index in [1.165, 1.54) is 11.1 Å². The lowest BCUT2D eigenvalue weighted by molar-refractivity contribution is -0.228. The van der Waals surface area contributed by atoms with Gasteiger partial charge in [-0.25, -0.2) is 0 Å². The highest BCUT2D eigenvalue weighted by atomic mass is 16.6. The van der Waals surface area contributed by atoms with Crippen LogP contribution in [0.3, 0.4) is 0 Å². The summed E-state index contributed by atoms with van der Waals surface area (Å²) in [7, 11) is 3.85. The number of nitrogens with zero attached hydrogens (tertiary/aromatic N) is 1. The molecule has 4 unspecified atom stereocenters. The molecule has 2 heterocycles. The van der Waals surface area contributed by atoms with Gasteiger partial charge >= 0.3 is 11.9 Å². The molecule has 6 nitrogen and oxygen atoms in total. The first-order valence-corrected chi connectivity index (χ1v) is 14.1. The largest absolute Gasteiger partial charge is 0.497 e. The van der Waals surface area contributed by atoms with Crippen molar-refractivity contribution >= 4 is 11.9 Å². The summed E-state index contributed by atoms with van der Waals surface area (Å²) in [6.07, 6.45) is 8.55. The Bertz CT molecular complexity index is 958. The van der Waals surface area contributed by atoms with Gasteiger partial charge in [0.25, 0.3) is 0 Å². The maximum absolute atomic E-state index is 13.8. The lowest BCUT2D eigenvalue weighted by atomic mass is 9.36. The number of methoxy groups -OCH3 is 1. The van der Waals surface area contributed by atoms with Gasteiger partial charge in [-0.2, -0.15) is 0 Å². The minimum Gasteiger partial charge on any atom is -0.497 e. The average molecular weight is 500 g/mol. The number of piperidine rings is 2. The van der Waals surface area contributed by atoms with Crippen molar-refractivity contribution in [2.75, 3.05) is 27.4 Å². The van der Waals surface area contributed by atoms with Crippen LogP contribution in [0.1, 0.15) is 90.2 Å². The Morgan fingerprint density at radius 1 is 0.972 bits per heavy atom. The van der Waals surface area contributed by atoms with Crippen LogP contribution in [0.5, 0.6) is 5.75 Å². The zero-order chi connectivity index (χ0) is 26.1. The van der Waals surface area contributed by atoms with Gasteiger partial charge in [-0.3, -0.25) is 14.5 Å². The SMILES string of the molecule is CCCCC12CC3N(C)C(Cc4ccc(OC)cc41)C2(CCCC)CC3(C(=O)OCC)C(=O)OCC. The number of hydrogen-bond acceptors (Lipinski definition) is 6. The first-order chi connectivity index (χ1) is 17.3. The van der Waals surface area contributed by atoms with Crippen molar-refractivity contribution in [2.24, 2.45) is 10.8 Å². The monoisotopic (exact) mass is 499 g/mol. The second-order valence-electron chi connectivity index (χ2n) is 11.2. The summed E-state index contributed by atoms with van der Waals surface area (Å²) in [4.78, 5) is 30.0. The molecule has 4 aliphatic rings. The number of benzene rings is 1. The summed E-state index contributed by atoms with van der Waals surface area (Å²) in [5, 5.41) is 0. The second kappa shape index (κ2) is 10.4. The van der Waals surface area contributed by atoms with Crippen molar-refractivity contribution in [3.8, 4) is 5.75 Å². The normalized spacial score (nSPS) is 29.9. The van der Waals surface area contributed by atoms with Crippen LogP contribution in [0.2, 0.25) is 0 Å². The van der Waals surface area contributed by atoms with Gasteiger partial charge in [0.1, 0.15) is 5.75 Å². The van der Waals surface area contributed by atoms with E-state index in [0.29, 0.717) is 6.42 Å². The summed E-state index contributed by atoms with van der Waals surface area (Å²) < 4.78 is 17.0. The van der Waals surface area contributed by atoms with Crippen LogP contribution in [-0.2, 0) is 30.9 Å². The van der Waals surface area contributed by atoms with Gasteiger partial charge in [0, 0.05) is 17.5 Å². The molecular formula is C30H45NO5. The highest BCUT2D eigenvalue weighted by Gasteiger charge is 2.76. The molecule has 2 aliphatic carbocycles. The number of carbonyl (C=O) groups is 2. The second-order valence-corrected chi connectivity index (χ2v) is 11.2. The van der Waals surface area contributed by atoms with Crippen LogP contribution in [0.25, 0.3) is 0 Å². The molecule has 4 bridgehead atoms. The highest BCUT2D eigenvalue weighted by molar-refractivity contribution is 6.02. The number of unbranched alkanes of at least 4 members (excludes halogenated alkanes) is 2. The summed E-state index contributed by atoms with van der Waals surface area (Å²) in [5.74, 6) is 0.0656. The fourth-order valence-electron chi connectivity index (χ4n) is 8.23. The van der Waals surface area contributed by atoms with Crippen molar-refractivity contribution in [1.29, 1.82) is 0 Å². The number of carbonyl (C=O) groups excluding carboxylic acids is 2. The zero-order valence-corrected chi connectivity index (χ0v) is 23.2. The smallest absolute Gasteiger partial charge is 0.325 e. The van der Waals surface area contributed by atoms with E-state index in [1.54, 1.807) is 7.11 Å². The van der Waals surface area contributed by atoms with E-state index in [0.717, 1.165) is 57.1 Å². The van der Waals surface area contributed by atoms with Crippen molar-refractivity contribution in [3.63, 3.8) is 0 Å². The predicted octanol–water partition coefficient (Wildman–Crippen LogP) is 5.44. The standard InChI is InChI=1S/C30H45NO5/c1-7-11-15-28-19-25-30(26(32)35-9-3,27(33)36-10-4)20-29(28,16-12-8-2)24(31(25)5)17-21-13-14-22(34-6)18-23(21)28/h13-14,18,24-25H,7-12,15-17,19-20H2,1-6H3. The number of fused-ring (bicyclic) bond motifs is 2. The van der Waals surface area contributed by atoms with Crippen LogP contribution in [0, 0.1) is 10.8 Å². The van der Waals surface area contributed by atoms with E-state index in [9.17, 15) is 9.59 Å². The van der Waals surface area contributed by atoms with Gasteiger partial charge in [-0.05, 0) is 81.7 Å². The zero-order valence-electron chi connectivity index (χ0n) is 23.2. The van der Waals surface area contributed by atoms with Gasteiger partial charge in [-0.15, -0.1) is 0 Å². The summed E-state index contributed by atoms with van der Waals surface area (Å²) in [5.41, 5.74) is 1.11. The molecular weight excluding hydrogens is 454 g/mol. The molecule has 0 amide bonds. The molecule has 2 aliphatic heterocycles. The van der Waals surface area contributed by atoms with E-state index in [1.807, 2.05) is 13.8 Å². The van der Waals surface area contributed by atoms with Crippen LogP contribution in [-0.4, -0.2) is 56.3 Å². The average Bonchev–Trinajstić information content (AvgIpc) is 2.88. The number of ether oxygens (including phenoxy) is 3. The van der Waals surface area contributed by atoms with Crippen molar-refractivity contribution in [2.45, 2.75) is 103 Å². The number of esters is 2. The first-order valence-electron chi connectivity index (χ1n) is 14.1. The Balaban J connectivity index is 1.99. The molecule has 6 heteroatoms. The van der Waals surface area contributed by atoms with E-state index in [4.69, 9.17) is 14.2 Å². The van der Waals surface area contributed by atoms with Crippen molar-refractivity contribution in [3.05, 3.63) is 29.3 Å². The lowest BCUT2D eigenvalue weighted by Gasteiger charge is -2.73. The molecule has 36 heavy (non-hydrogen) atoms. The van der Waals surface area contributed by atoms with E-state index < -0.39 is 17.4 Å². The van der Waals surface area contributed by atoms with E-state index in [2.05, 4.69) is 44.0 Å². The molecule has 1 aromatic carbocycles. The summed E-state index contributed by atoms with van der Waals surface area (Å²) in [6.45, 7) is 8.61. The molecule has 0 aromatic heterocycles. The maximum Gasteiger partial charge on any atom is 0.325 e. The van der Waals surface area contributed by atoms with Gasteiger partial charge in [0.2, 0.25) is 0 Å². The molecule has 0 radical (unpaired) electrons. The Morgan fingerprint density at radius 2 is 1.61 bits per heavy atom. The molecule has 4 atom stereocenters. The first kappa shape index (κ1) is 27.0. The van der Waals surface area contributed by atoms with Gasteiger partial charge in [-0.1, -0.05) is 45.6 Å². The van der Waals surface area contributed by atoms with Gasteiger partial charge in [0.15, 0.2) is 5.41 Å². The van der Waals surface area contributed by atoms with Crippen LogP contribution >= 0.6 is 0 Å². The van der Waals surface area contributed by atoms with Gasteiger partial charge in [0.05, 0.1) is 20.3 Å². The number of rotatable bonds is 11. The van der Waals surface area contributed by atoms with Crippen LogP contribution in [0.4, 0.5) is 0 Å². The van der Waals surface area contributed by atoms with Crippen molar-refractivity contribution in [1.82, 2.24) is 4.90 Å². The highest BCUT2D eigenvalue weighted by Crippen LogP contribution is 2.71. The molecule has 0 spiro atoms. The number of hydrogen-bond donors (Lipinski definition) is 0. The Hall–Kier alpha value is -2.08. The molecule has 200 valence electrons. The minimum absolute atomic E-state index is 0.120. The third-order valence-corrected chi connectivity index (χ3v) is 9.74. The fraction of sp³-hybridized carbons (Fsp3) is 0.733. The van der Waals surface area contributed by atoms with Crippen molar-refractivity contribution < 1.29 is 23.8 Å². The minimum atomic E-state index is -1.29. The Morgan fingerprint density at radius 3 is 2.19 bits per heavy atom. The summed E-state index contributed by atoms with van der Waals surface area (Å²) in [6, 6.07) is 6.57. The molecule has 0 N–H and O–H groups in total. The molecule has 2 saturated heterocycles. The summed E-state index contributed by atoms with van der Waals surface area (Å²) >= 11 is 0. The molecule has 5 rings (SSSR count). The molecule has 1 saturated carbocycles. The third kappa shape index (κ3) is 3.69. The molecule has 1 aromatic rings. The topological polar surface area (TPSA) is 65.1 Å². The van der Waals surface area contributed by atoms with E-state index >= 15 is 0 Å². The lowest BCUT2D eigenvalue weighted by Crippen LogP contribution is -2.79. The van der Waals surface area contributed by atoms with Crippen LogP contribution < -0.4 is 4.74 Å². The Kier molecular flexibility index (Phi) is 7.76. The fourth-order valence-corrected chi connectivity index (χ4v) is 8.23. The quantitative estimate of drug-likeness (QED) is 0.298. The third-order valence-electron chi connectivity index (χ3n) is 9.74. The van der Waals surface area contributed by atoms with Crippen LogP contribution in [0.15, 0.2) is 18.2 Å². The van der Waals surface area contributed by atoms with Gasteiger partial charge < -0.3 is 14.2 Å². The molecule has 3 fully saturated rings. The maximum atomic E-state index is 13.8. The Labute approximate surface area is 217 Å². The number of likely N-dealkylation sites (N-methyl/N-ethyl adjacent to an activating group) is 1.